The Hall–Kier alpha value is -2.16. The van der Waals surface area contributed by atoms with E-state index in [-0.39, 0.29) is 19.8 Å². The van der Waals surface area contributed by atoms with Crippen LogP contribution in [0.4, 0.5) is 0 Å². The molecule has 1 rings (SSSR count). The average molecular weight is 260 g/mol. The average Bonchev–Trinajstić information content (AvgIpc) is 2.44. The number of nitriles is 1. The van der Waals surface area contributed by atoms with Crippen LogP contribution in [0.25, 0.3) is 0 Å². The molecule has 0 amide bonds. The van der Waals surface area contributed by atoms with E-state index < -0.39 is 12.0 Å². The zero-order valence-corrected chi connectivity index (χ0v) is 10.5. The third kappa shape index (κ3) is 5.34. The second-order valence-electron chi connectivity index (χ2n) is 3.84. The van der Waals surface area contributed by atoms with Gasteiger partial charge in [0.05, 0.1) is 24.8 Å². The number of hydrogen-bond donors (Lipinski definition) is 1. The number of esters is 1. The second-order valence-corrected chi connectivity index (χ2v) is 3.84. The van der Waals surface area contributed by atoms with Crippen LogP contribution in [0.5, 0.6) is 0 Å². The summed E-state index contributed by atoms with van der Waals surface area (Å²) in [5, 5.41) is 8.51. The molecule has 5 heteroatoms. The van der Waals surface area contributed by atoms with Crippen LogP contribution in [0.1, 0.15) is 15.9 Å². The first-order valence-corrected chi connectivity index (χ1v) is 5.77. The van der Waals surface area contributed by atoms with Gasteiger partial charge >= 0.3 is 5.97 Å². The maximum Gasteiger partial charge on any atom is 0.338 e. The van der Waals surface area contributed by atoms with E-state index in [0.29, 0.717) is 5.56 Å². The van der Waals surface area contributed by atoms with Crippen molar-refractivity contribution in [3.63, 3.8) is 0 Å². The molecule has 2 N–H and O–H groups in total. The molecule has 0 saturated heterocycles. The highest BCUT2D eigenvalue weighted by Crippen LogP contribution is 2.08. The van der Waals surface area contributed by atoms with Gasteiger partial charge in [-0.1, -0.05) is 24.8 Å². The highest BCUT2D eigenvalue weighted by molar-refractivity contribution is 5.89. The lowest BCUT2D eigenvalue weighted by molar-refractivity contribution is 0.0549. The van der Waals surface area contributed by atoms with Crippen molar-refractivity contribution >= 4 is 5.97 Å². The lowest BCUT2D eigenvalue weighted by Crippen LogP contribution is -2.23. The highest BCUT2D eigenvalue weighted by atomic mass is 16.5. The second kappa shape index (κ2) is 8.03. The molecule has 0 heterocycles. The smallest absolute Gasteiger partial charge is 0.338 e. The van der Waals surface area contributed by atoms with E-state index in [1.54, 1.807) is 18.2 Å². The summed E-state index contributed by atoms with van der Waals surface area (Å²) in [5.74, 6) is -0.407. The quantitative estimate of drug-likeness (QED) is 0.591. The SMILES string of the molecule is C=CCOC(=O)c1cccc(COCC(N)C#N)c1. The first-order valence-electron chi connectivity index (χ1n) is 5.77. The Morgan fingerprint density at radius 2 is 2.37 bits per heavy atom. The van der Waals surface area contributed by atoms with E-state index in [0.717, 1.165) is 5.56 Å². The van der Waals surface area contributed by atoms with Crippen molar-refractivity contribution in [1.82, 2.24) is 0 Å². The summed E-state index contributed by atoms with van der Waals surface area (Å²) in [6, 6.07) is 8.15. The standard InChI is InChI=1S/C14H16N2O3/c1-2-6-19-14(17)12-5-3-4-11(7-12)9-18-10-13(16)8-15/h2-5,7,13H,1,6,9-10,16H2. The van der Waals surface area contributed by atoms with Gasteiger partial charge < -0.3 is 15.2 Å². The summed E-state index contributed by atoms with van der Waals surface area (Å²) in [5.41, 5.74) is 6.67. The van der Waals surface area contributed by atoms with Crippen LogP contribution in [-0.2, 0) is 16.1 Å². The molecule has 0 fully saturated rings. The van der Waals surface area contributed by atoms with Crippen LogP contribution in [0.3, 0.4) is 0 Å². The van der Waals surface area contributed by atoms with Crippen LogP contribution < -0.4 is 5.73 Å². The van der Waals surface area contributed by atoms with Crippen LogP contribution in [-0.4, -0.2) is 25.2 Å². The molecule has 1 atom stereocenters. The fourth-order valence-electron chi connectivity index (χ4n) is 1.35. The Labute approximate surface area is 112 Å². The highest BCUT2D eigenvalue weighted by Gasteiger charge is 2.07. The van der Waals surface area contributed by atoms with Gasteiger partial charge in [-0.25, -0.2) is 4.79 Å². The molecular weight excluding hydrogens is 244 g/mol. The lowest BCUT2D eigenvalue weighted by atomic mass is 10.1. The van der Waals surface area contributed by atoms with E-state index in [9.17, 15) is 4.79 Å². The van der Waals surface area contributed by atoms with Crippen molar-refractivity contribution in [3.8, 4) is 6.07 Å². The molecule has 19 heavy (non-hydrogen) atoms. The predicted molar refractivity (Wildman–Crippen MR) is 70.2 cm³/mol. The van der Waals surface area contributed by atoms with Crippen molar-refractivity contribution < 1.29 is 14.3 Å². The van der Waals surface area contributed by atoms with Gasteiger partial charge in [-0.2, -0.15) is 5.26 Å². The van der Waals surface area contributed by atoms with Crippen molar-refractivity contribution in [3.05, 3.63) is 48.0 Å². The molecule has 0 aliphatic heterocycles. The predicted octanol–water partition coefficient (Wildman–Crippen LogP) is 1.40. The van der Waals surface area contributed by atoms with Gasteiger partial charge in [0.2, 0.25) is 0 Å². The van der Waals surface area contributed by atoms with Gasteiger partial charge in [0, 0.05) is 0 Å². The molecule has 1 aromatic rings. The maximum atomic E-state index is 11.6. The number of benzene rings is 1. The normalized spacial score (nSPS) is 11.4. The zero-order chi connectivity index (χ0) is 14.1. The molecule has 1 aromatic carbocycles. The van der Waals surface area contributed by atoms with Crippen LogP contribution in [0, 0.1) is 11.3 Å². The van der Waals surface area contributed by atoms with Crippen LogP contribution in [0.15, 0.2) is 36.9 Å². The Morgan fingerprint density at radius 3 is 3.05 bits per heavy atom. The minimum absolute atomic E-state index is 0.154. The summed E-state index contributed by atoms with van der Waals surface area (Å²) in [7, 11) is 0. The number of carbonyl (C=O) groups excluding carboxylic acids is 1. The zero-order valence-electron chi connectivity index (χ0n) is 10.5. The van der Waals surface area contributed by atoms with Crippen LogP contribution in [0.2, 0.25) is 0 Å². The summed E-state index contributed by atoms with van der Waals surface area (Å²) >= 11 is 0. The Kier molecular flexibility index (Phi) is 6.30. The maximum absolute atomic E-state index is 11.6. The molecule has 0 aromatic heterocycles. The minimum Gasteiger partial charge on any atom is -0.458 e. The first-order chi connectivity index (χ1) is 9.17. The molecule has 0 bridgehead atoms. The monoisotopic (exact) mass is 260 g/mol. The minimum atomic E-state index is -0.638. The van der Waals surface area contributed by atoms with E-state index in [2.05, 4.69) is 6.58 Å². The Morgan fingerprint density at radius 1 is 1.58 bits per heavy atom. The van der Waals surface area contributed by atoms with Crippen molar-refractivity contribution in [2.24, 2.45) is 5.73 Å². The number of hydrogen-bond acceptors (Lipinski definition) is 5. The first kappa shape index (κ1) is 14.9. The largest absolute Gasteiger partial charge is 0.458 e. The summed E-state index contributed by atoms with van der Waals surface area (Å²) in [4.78, 5) is 11.6. The van der Waals surface area contributed by atoms with Gasteiger partial charge in [0.1, 0.15) is 12.6 Å². The van der Waals surface area contributed by atoms with Gasteiger partial charge in [0.15, 0.2) is 0 Å². The molecule has 0 aliphatic rings. The van der Waals surface area contributed by atoms with Crippen molar-refractivity contribution in [2.45, 2.75) is 12.6 Å². The molecular formula is C14H16N2O3. The van der Waals surface area contributed by atoms with E-state index >= 15 is 0 Å². The number of nitrogens with two attached hydrogens (primary N) is 1. The Bertz CT molecular complexity index is 480. The number of nitrogens with zero attached hydrogens (tertiary/aromatic N) is 1. The number of rotatable bonds is 7. The summed E-state index contributed by atoms with van der Waals surface area (Å²) in [6.07, 6.45) is 1.51. The molecule has 0 spiro atoms. The van der Waals surface area contributed by atoms with Gasteiger partial charge in [0.25, 0.3) is 0 Å². The van der Waals surface area contributed by atoms with E-state index in [1.165, 1.54) is 6.08 Å². The third-order valence-corrected chi connectivity index (χ3v) is 2.23. The van der Waals surface area contributed by atoms with E-state index in [4.69, 9.17) is 20.5 Å². The lowest BCUT2D eigenvalue weighted by Gasteiger charge is -2.07. The molecule has 5 nitrogen and oxygen atoms in total. The number of carbonyl (C=O) groups is 1. The van der Waals surface area contributed by atoms with Gasteiger partial charge in [-0.15, -0.1) is 0 Å². The van der Waals surface area contributed by atoms with Crippen LogP contribution >= 0.6 is 0 Å². The summed E-state index contributed by atoms with van der Waals surface area (Å²) < 4.78 is 10.2. The van der Waals surface area contributed by atoms with Crippen molar-refractivity contribution in [1.29, 1.82) is 5.26 Å². The van der Waals surface area contributed by atoms with Crippen molar-refractivity contribution in [2.75, 3.05) is 13.2 Å². The molecule has 0 radical (unpaired) electrons. The molecule has 0 saturated carbocycles. The third-order valence-electron chi connectivity index (χ3n) is 2.23. The Balaban J connectivity index is 2.54. The fraction of sp³-hybridized carbons (Fsp3) is 0.286. The van der Waals surface area contributed by atoms with Gasteiger partial charge in [-0.05, 0) is 17.7 Å². The summed E-state index contributed by atoms with van der Waals surface area (Å²) in [6.45, 7) is 4.09. The fourth-order valence-corrected chi connectivity index (χ4v) is 1.35. The molecule has 0 aliphatic carbocycles. The molecule has 100 valence electrons. The van der Waals surface area contributed by atoms with Gasteiger partial charge in [-0.3, -0.25) is 0 Å². The topological polar surface area (TPSA) is 85.3 Å². The number of ether oxygens (including phenoxy) is 2. The van der Waals surface area contributed by atoms with E-state index in [1.807, 2.05) is 12.1 Å². The molecule has 1 unspecified atom stereocenters.